The Balaban J connectivity index is 2.28. The van der Waals surface area contributed by atoms with Crippen LogP contribution in [-0.2, 0) is 11.2 Å². The number of aliphatic carboxylic acids is 1. The summed E-state index contributed by atoms with van der Waals surface area (Å²) in [6.07, 6.45) is 2.90. The SMILES string of the molecule is CCc1ccccc1NCCCCC(=O)O. The topological polar surface area (TPSA) is 49.3 Å². The van der Waals surface area contributed by atoms with Gasteiger partial charge in [-0.3, -0.25) is 4.79 Å². The number of benzene rings is 1. The third-order valence-electron chi connectivity index (χ3n) is 2.53. The molecule has 2 N–H and O–H groups in total. The van der Waals surface area contributed by atoms with Gasteiger partial charge in [0.25, 0.3) is 0 Å². The Hall–Kier alpha value is -1.51. The second kappa shape index (κ2) is 6.88. The van der Waals surface area contributed by atoms with Crippen molar-refractivity contribution in [2.75, 3.05) is 11.9 Å². The van der Waals surface area contributed by atoms with E-state index in [2.05, 4.69) is 24.4 Å². The lowest BCUT2D eigenvalue weighted by atomic mass is 10.1. The van der Waals surface area contributed by atoms with Gasteiger partial charge in [0.1, 0.15) is 0 Å². The van der Waals surface area contributed by atoms with Crippen LogP contribution in [-0.4, -0.2) is 17.6 Å². The summed E-state index contributed by atoms with van der Waals surface area (Å²) in [7, 11) is 0. The Morgan fingerprint density at radius 3 is 2.75 bits per heavy atom. The number of rotatable bonds is 7. The summed E-state index contributed by atoms with van der Waals surface area (Å²) in [5.74, 6) is -0.714. The van der Waals surface area contributed by atoms with Gasteiger partial charge < -0.3 is 10.4 Å². The zero-order valence-electron chi connectivity index (χ0n) is 9.70. The largest absolute Gasteiger partial charge is 0.481 e. The van der Waals surface area contributed by atoms with Crippen LogP contribution in [0.25, 0.3) is 0 Å². The van der Waals surface area contributed by atoms with Crippen molar-refractivity contribution in [3.8, 4) is 0 Å². The van der Waals surface area contributed by atoms with Gasteiger partial charge in [0.05, 0.1) is 0 Å². The smallest absolute Gasteiger partial charge is 0.303 e. The molecule has 0 fully saturated rings. The van der Waals surface area contributed by atoms with Crippen LogP contribution in [0.5, 0.6) is 0 Å². The van der Waals surface area contributed by atoms with Crippen molar-refractivity contribution in [1.29, 1.82) is 0 Å². The molecule has 0 amide bonds. The van der Waals surface area contributed by atoms with Crippen molar-refractivity contribution in [3.63, 3.8) is 0 Å². The standard InChI is InChI=1S/C13H19NO2/c1-2-11-7-3-4-8-12(11)14-10-6-5-9-13(15)16/h3-4,7-8,14H,2,5-6,9-10H2,1H3,(H,15,16). The molecular weight excluding hydrogens is 202 g/mol. The fraction of sp³-hybridized carbons (Fsp3) is 0.462. The van der Waals surface area contributed by atoms with Gasteiger partial charge in [0, 0.05) is 18.7 Å². The summed E-state index contributed by atoms with van der Waals surface area (Å²) in [4.78, 5) is 10.3. The van der Waals surface area contributed by atoms with Crippen molar-refractivity contribution in [2.24, 2.45) is 0 Å². The van der Waals surface area contributed by atoms with E-state index in [1.807, 2.05) is 12.1 Å². The molecule has 0 aliphatic carbocycles. The summed E-state index contributed by atoms with van der Waals surface area (Å²) in [5.41, 5.74) is 2.47. The minimum atomic E-state index is -0.714. The van der Waals surface area contributed by atoms with Crippen LogP contribution in [0.1, 0.15) is 31.7 Å². The Labute approximate surface area is 96.5 Å². The van der Waals surface area contributed by atoms with Crippen LogP contribution in [0.3, 0.4) is 0 Å². The molecule has 0 bridgehead atoms. The molecule has 0 atom stereocenters. The van der Waals surface area contributed by atoms with Crippen molar-refractivity contribution in [2.45, 2.75) is 32.6 Å². The van der Waals surface area contributed by atoms with E-state index in [0.29, 0.717) is 0 Å². The van der Waals surface area contributed by atoms with E-state index in [1.165, 1.54) is 11.3 Å². The average molecular weight is 221 g/mol. The molecule has 16 heavy (non-hydrogen) atoms. The highest BCUT2D eigenvalue weighted by Gasteiger charge is 1.99. The highest BCUT2D eigenvalue weighted by Crippen LogP contribution is 2.15. The van der Waals surface area contributed by atoms with Crippen LogP contribution in [0.2, 0.25) is 0 Å². The van der Waals surface area contributed by atoms with Gasteiger partial charge in [0.2, 0.25) is 0 Å². The number of carboxylic acid groups (broad SMARTS) is 1. The Bertz CT molecular complexity index is 336. The molecule has 0 aliphatic heterocycles. The monoisotopic (exact) mass is 221 g/mol. The molecule has 1 aromatic carbocycles. The van der Waals surface area contributed by atoms with Gasteiger partial charge in [-0.15, -0.1) is 0 Å². The van der Waals surface area contributed by atoms with Crippen LogP contribution < -0.4 is 5.32 Å². The van der Waals surface area contributed by atoms with Gasteiger partial charge in [-0.05, 0) is 30.9 Å². The van der Waals surface area contributed by atoms with E-state index in [-0.39, 0.29) is 6.42 Å². The molecule has 0 saturated heterocycles. The van der Waals surface area contributed by atoms with Crippen molar-refractivity contribution < 1.29 is 9.90 Å². The maximum atomic E-state index is 10.3. The van der Waals surface area contributed by atoms with E-state index < -0.39 is 5.97 Å². The molecule has 3 nitrogen and oxygen atoms in total. The predicted molar refractivity (Wildman–Crippen MR) is 65.8 cm³/mol. The predicted octanol–water partition coefficient (Wildman–Crippen LogP) is 2.92. The zero-order chi connectivity index (χ0) is 11.8. The van der Waals surface area contributed by atoms with Gasteiger partial charge in [-0.1, -0.05) is 25.1 Å². The van der Waals surface area contributed by atoms with Crippen LogP contribution in [0.15, 0.2) is 24.3 Å². The number of para-hydroxylation sites is 1. The molecule has 0 unspecified atom stereocenters. The first-order valence-electron chi connectivity index (χ1n) is 5.77. The highest BCUT2D eigenvalue weighted by atomic mass is 16.4. The van der Waals surface area contributed by atoms with Crippen molar-refractivity contribution in [1.82, 2.24) is 0 Å². The minimum absolute atomic E-state index is 0.261. The average Bonchev–Trinajstić information content (AvgIpc) is 2.29. The number of unbranched alkanes of at least 4 members (excludes halogenated alkanes) is 1. The summed E-state index contributed by atoms with van der Waals surface area (Å²) in [6, 6.07) is 8.22. The van der Waals surface area contributed by atoms with Crippen molar-refractivity contribution in [3.05, 3.63) is 29.8 Å². The van der Waals surface area contributed by atoms with E-state index in [0.717, 1.165) is 25.8 Å². The van der Waals surface area contributed by atoms with Gasteiger partial charge in [0.15, 0.2) is 0 Å². The molecule has 88 valence electrons. The lowest BCUT2D eigenvalue weighted by molar-refractivity contribution is -0.137. The van der Waals surface area contributed by atoms with E-state index in [9.17, 15) is 4.79 Å². The normalized spacial score (nSPS) is 10.1. The second-order valence-corrected chi connectivity index (χ2v) is 3.79. The molecule has 0 heterocycles. The van der Waals surface area contributed by atoms with Gasteiger partial charge in [-0.25, -0.2) is 0 Å². The lowest BCUT2D eigenvalue weighted by Crippen LogP contribution is -2.05. The van der Waals surface area contributed by atoms with E-state index in [1.54, 1.807) is 0 Å². The Morgan fingerprint density at radius 1 is 1.31 bits per heavy atom. The van der Waals surface area contributed by atoms with E-state index >= 15 is 0 Å². The third-order valence-corrected chi connectivity index (χ3v) is 2.53. The number of hydrogen-bond donors (Lipinski definition) is 2. The summed E-state index contributed by atoms with van der Waals surface area (Å²) in [5, 5.41) is 11.8. The van der Waals surface area contributed by atoms with Crippen LogP contribution in [0, 0.1) is 0 Å². The summed E-state index contributed by atoms with van der Waals surface area (Å²) < 4.78 is 0. The number of nitrogens with one attached hydrogen (secondary N) is 1. The second-order valence-electron chi connectivity index (χ2n) is 3.79. The first-order chi connectivity index (χ1) is 7.74. The molecule has 0 radical (unpaired) electrons. The molecule has 1 aromatic rings. The van der Waals surface area contributed by atoms with Crippen LogP contribution >= 0.6 is 0 Å². The number of aryl methyl sites for hydroxylation is 1. The molecule has 1 rings (SSSR count). The minimum Gasteiger partial charge on any atom is -0.481 e. The molecular formula is C13H19NO2. The lowest BCUT2D eigenvalue weighted by Gasteiger charge is -2.10. The zero-order valence-corrected chi connectivity index (χ0v) is 9.70. The number of anilines is 1. The Morgan fingerprint density at radius 2 is 2.06 bits per heavy atom. The molecule has 0 aliphatic rings. The maximum Gasteiger partial charge on any atom is 0.303 e. The fourth-order valence-corrected chi connectivity index (χ4v) is 1.63. The Kier molecular flexibility index (Phi) is 5.40. The summed E-state index contributed by atoms with van der Waals surface area (Å²) in [6.45, 7) is 2.97. The van der Waals surface area contributed by atoms with E-state index in [4.69, 9.17) is 5.11 Å². The fourth-order valence-electron chi connectivity index (χ4n) is 1.63. The molecule has 0 aromatic heterocycles. The number of carbonyl (C=O) groups is 1. The quantitative estimate of drug-likeness (QED) is 0.696. The highest BCUT2D eigenvalue weighted by molar-refractivity contribution is 5.66. The van der Waals surface area contributed by atoms with Crippen LogP contribution in [0.4, 0.5) is 5.69 Å². The maximum absolute atomic E-state index is 10.3. The number of hydrogen-bond acceptors (Lipinski definition) is 2. The summed E-state index contributed by atoms with van der Waals surface area (Å²) >= 11 is 0. The molecule has 0 spiro atoms. The molecule has 3 heteroatoms. The van der Waals surface area contributed by atoms with Crippen molar-refractivity contribution >= 4 is 11.7 Å². The third kappa shape index (κ3) is 4.34. The number of carboxylic acids is 1. The van der Waals surface area contributed by atoms with Gasteiger partial charge in [-0.2, -0.15) is 0 Å². The molecule has 0 saturated carbocycles. The first kappa shape index (κ1) is 12.6. The van der Waals surface area contributed by atoms with Gasteiger partial charge >= 0.3 is 5.97 Å². The first-order valence-corrected chi connectivity index (χ1v) is 5.77.